The topological polar surface area (TPSA) is 46.0 Å². The van der Waals surface area contributed by atoms with Crippen molar-refractivity contribution in [1.82, 2.24) is 25.0 Å². The standard InChI is InChI=1S/C15H29N5/c1-4-6-15(3,11-16-7-5-2)12-19-8-9-20-13-17-18-14(20)10-19/h13,16H,4-12H2,1-3H3. The van der Waals surface area contributed by atoms with Crippen molar-refractivity contribution in [3.63, 3.8) is 0 Å². The predicted molar refractivity (Wildman–Crippen MR) is 81.5 cm³/mol. The van der Waals surface area contributed by atoms with E-state index in [0.717, 1.165) is 45.1 Å². The number of aromatic nitrogens is 3. The van der Waals surface area contributed by atoms with Crippen molar-refractivity contribution < 1.29 is 0 Å². The van der Waals surface area contributed by atoms with Crippen molar-refractivity contribution in [3.05, 3.63) is 12.2 Å². The molecule has 114 valence electrons. The van der Waals surface area contributed by atoms with E-state index in [0.29, 0.717) is 5.41 Å². The van der Waals surface area contributed by atoms with Gasteiger partial charge in [0.1, 0.15) is 12.2 Å². The van der Waals surface area contributed by atoms with Gasteiger partial charge in [-0.15, -0.1) is 10.2 Å². The summed E-state index contributed by atoms with van der Waals surface area (Å²) in [6.07, 6.45) is 5.57. The van der Waals surface area contributed by atoms with Gasteiger partial charge < -0.3 is 9.88 Å². The Labute approximate surface area is 122 Å². The highest BCUT2D eigenvalue weighted by molar-refractivity contribution is 4.92. The lowest BCUT2D eigenvalue weighted by atomic mass is 9.84. The van der Waals surface area contributed by atoms with E-state index < -0.39 is 0 Å². The monoisotopic (exact) mass is 279 g/mol. The number of nitrogens with one attached hydrogen (secondary N) is 1. The molecule has 1 aromatic heterocycles. The molecule has 1 aliphatic heterocycles. The second-order valence-corrected chi connectivity index (χ2v) is 6.39. The SMILES string of the molecule is CCCNCC(C)(CCC)CN1CCn2cnnc2C1. The Morgan fingerprint density at radius 2 is 2.15 bits per heavy atom. The summed E-state index contributed by atoms with van der Waals surface area (Å²) in [5, 5.41) is 11.8. The van der Waals surface area contributed by atoms with Gasteiger partial charge in [0.05, 0.1) is 6.54 Å². The molecule has 1 unspecified atom stereocenters. The van der Waals surface area contributed by atoms with E-state index in [-0.39, 0.29) is 0 Å². The molecule has 1 aromatic rings. The first kappa shape index (κ1) is 15.4. The Hall–Kier alpha value is -0.940. The smallest absolute Gasteiger partial charge is 0.147 e. The van der Waals surface area contributed by atoms with Crippen LogP contribution < -0.4 is 5.32 Å². The number of rotatable bonds is 8. The first-order valence-corrected chi connectivity index (χ1v) is 7.96. The predicted octanol–water partition coefficient (Wildman–Crippen LogP) is 1.90. The van der Waals surface area contributed by atoms with Gasteiger partial charge in [-0.1, -0.05) is 27.2 Å². The number of nitrogens with zero attached hydrogens (tertiary/aromatic N) is 4. The highest BCUT2D eigenvalue weighted by Crippen LogP contribution is 2.25. The highest BCUT2D eigenvalue weighted by Gasteiger charge is 2.28. The zero-order valence-corrected chi connectivity index (χ0v) is 13.2. The van der Waals surface area contributed by atoms with Gasteiger partial charge >= 0.3 is 0 Å². The number of hydrogen-bond acceptors (Lipinski definition) is 4. The van der Waals surface area contributed by atoms with Gasteiger partial charge in [-0.05, 0) is 24.8 Å². The Kier molecular flexibility index (Phi) is 5.54. The normalized spacial score (nSPS) is 18.8. The van der Waals surface area contributed by atoms with Crippen LogP contribution in [0.3, 0.4) is 0 Å². The summed E-state index contributed by atoms with van der Waals surface area (Å²) in [5.41, 5.74) is 0.353. The molecule has 2 rings (SSSR count). The van der Waals surface area contributed by atoms with E-state index in [9.17, 15) is 0 Å². The number of fused-ring (bicyclic) bond motifs is 1. The molecule has 0 aromatic carbocycles. The van der Waals surface area contributed by atoms with Gasteiger partial charge in [0, 0.05) is 26.2 Å². The molecular formula is C15H29N5. The van der Waals surface area contributed by atoms with E-state index in [4.69, 9.17) is 0 Å². The van der Waals surface area contributed by atoms with Crippen LogP contribution in [0.25, 0.3) is 0 Å². The zero-order chi connectivity index (χ0) is 14.4. The third kappa shape index (κ3) is 4.03. The van der Waals surface area contributed by atoms with Crippen molar-refractivity contribution in [2.75, 3.05) is 26.2 Å². The Morgan fingerprint density at radius 3 is 2.90 bits per heavy atom. The van der Waals surface area contributed by atoms with Crippen molar-refractivity contribution in [2.24, 2.45) is 5.41 Å². The average Bonchev–Trinajstić information content (AvgIpc) is 2.86. The van der Waals surface area contributed by atoms with E-state index in [2.05, 4.69) is 45.8 Å². The first-order valence-electron chi connectivity index (χ1n) is 7.96. The zero-order valence-electron chi connectivity index (χ0n) is 13.2. The lowest BCUT2D eigenvalue weighted by Gasteiger charge is -2.37. The van der Waals surface area contributed by atoms with E-state index in [1.807, 2.05) is 6.33 Å². The van der Waals surface area contributed by atoms with Crippen molar-refractivity contribution in [2.45, 2.75) is 53.1 Å². The van der Waals surface area contributed by atoms with Crippen LogP contribution in [0, 0.1) is 5.41 Å². The van der Waals surface area contributed by atoms with E-state index in [1.54, 1.807) is 0 Å². The summed E-state index contributed by atoms with van der Waals surface area (Å²) < 4.78 is 2.17. The molecule has 5 heteroatoms. The van der Waals surface area contributed by atoms with Crippen molar-refractivity contribution >= 4 is 0 Å². The molecular weight excluding hydrogens is 250 g/mol. The van der Waals surface area contributed by atoms with Crippen LogP contribution in [0.1, 0.15) is 45.9 Å². The molecule has 0 bridgehead atoms. The summed E-state index contributed by atoms with van der Waals surface area (Å²) >= 11 is 0. The highest BCUT2D eigenvalue weighted by atomic mass is 15.3. The van der Waals surface area contributed by atoms with Gasteiger partial charge in [-0.25, -0.2) is 0 Å². The quantitative estimate of drug-likeness (QED) is 0.738. The summed E-state index contributed by atoms with van der Waals surface area (Å²) in [6, 6.07) is 0. The van der Waals surface area contributed by atoms with Crippen LogP contribution in [0.5, 0.6) is 0 Å². The minimum Gasteiger partial charge on any atom is -0.316 e. The van der Waals surface area contributed by atoms with Crippen LogP contribution >= 0.6 is 0 Å². The molecule has 0 spiro atoms. The fraction of sp³-hybridized carbons (Fsp3) is 0.867. The fourth-order valence-corrected chi connectivity index (χ4v) is 3.18. The maximum atomic E-state index is 4.21. The largest absolute Gasteiger partial charge is 0.316 e. The molecule has 0 aliphatic carbocycles. The summed E-state index contributed by atoms with van der Waals surface area (Å²) in [6.45, 7) is 13.4. The molecule has 2 heterocycles. The third-order valence-electron chi connectivity index (χ3n) is 4.16. The van der Waals surface area contributed by atoms with E-state index in [1.165, 1.54) is 19.3 Å². The van der Waals surface area contributed by atoms with Gasteiger partial charge in [0.2, 0.25) is 0 Å². The summed E-state index contributed by atoms with van der Waals surface area (Å²) in [5.74, 6) is 1.11. The van der Waals surface area contributed by atoms with Crippen LogP contribution in [-0.4, -0.2) is 45.8 Å². The Bertz CT molecular complexity index is 403. The maximum absolute atomic E-state index is 4.21. The fourth-order valence-electron chi connectivity index (χ4n) is 3.18. The summed E-state index contributed by atoms with van der Waals surface area (Å²) in [7, 11) is 0. The third-order valence-corrected chi connectivity index (χ3v) is 4.16. The molecule has 0 amide bonds. The van der Waals surface area contributed by atoms with E-state index >= 15 is 0 Å². The van der Waals surface area contributed by atoms with Crippen LogP contribution in [-0.2, 0) is 13.1 Å². The molecule has 0 fully saturated rings. The molecule has 5 nitrogen and oxygen atoms in total. The van der Waals surface area contributed by atoms with Crippen LogP contribution in [0.2, 0.25) is 0 Å². The lowest BCUT2D eigenvalue weighted by molar-refractivity contribution is 0.123. The first-order chi connectivity index (χ1) is 9.67. The molecule has 1 aliphatic rings. The van der Waals surface area contributed by atoms with Gasteiger partial charge in [-0.3, -0.25) is 4.90 Å². The second kappa shape index (κ2) is 7.18. The molecule has 1 atom stereocenters. The molecule has 1 N–H and O–H groups in total. The van der Waals surface area contributed by atoms with Crippen molar-refractivity contribution in [1.29, 1.82) is 0 Å². The van der Waals surface area contributed by atoms with Gasteiger partial charge in [-0.2, -0.15) is 0 Å². The Morgan fingerprint density at radius 1 is 1.30 bits per heavy atom. The second-order valence-electron chi connectivity index (χ2n) is 6.39. The maximum Gasteiger partial charge on any atom is 0.147 e. The number of hydrogen-bond donors (Lipinski definition) is 1. The Balaban J connectivity index is 1.91. The molecule has 0 saturated carbocycles. The minimum absolute atomic E-state index is 0.353. The van der Waals surface area contributed by atoms with Crippen LogP contribution in [0.4, 0.5) is 0 Å². The average molecular weight is 279 g/mol. The molecule has 0 radical (unpaired) electrons. The molecule has 20 heavy (non-hydrogen) atoms. The summed E-state index contributed by atoms with van der Waals surface area (Å²) in [4.78, 5) is 2.54. The lowest BCUT2D eigenvalue weighted by Crippen LogP contribution is -2.45. The van der Waals surface area contributed by atoms with Crippen LogP contribution in [0.15, 0.2) is 6.33 Å². The minimum atomic E-state index is 0.353. The van der Waals surface area contributed by atoms with Gasteiger partial charge in [0.25, 0.3) is 0 Å². The molecule has 0 saturated heterocycles. The van der Waals surface area contributed by atoms with Gasteiger partial charge in [0.15, 0.2) is 0 Å². The van der Waals surface area contributed by atoms with Crippen molar-refractivity contribution in [3.8, 4) is 0 Å².